The van der Waals surface area contributed by atoms with E-state index in [1.54, 1.807) is 0 Å². The van der Waals surface area contributed by atoms with Crippen LogP contribution < -0.4 is 5.64 Å². The molecule has 1 rings (SSSR count). The van der Waals surface area contributed by atoms with Gasteiger partial charge in [0.05, 0.1) is 0 Å². The van der Waals surface area contributed by atoms with Gasteiger partial charge in [0, 0.05) is 0 Å². The molecular weight excluding hydrogens is 242 g/mol. The first-order chi connectivity index (χ1) is 5.80. The quantitative estimate of drug-likeness (QED) is 0.605. The monoisotopic (exact) mass is 243 g/mol. The summed E-state index contributed by atoms with van der Waals surface area (Å²) in [4.78, 5) is 0. The Hall–Kier alpha value is -0.100. The van der Waals surface area contributed by atoms with E-state index in [1.807, 2.05) is 0 Å². The van der Waals surface area contributed by atoms with Crippen molar-refractivity contribution in [3.8, 4) is 0 Å². The number of hydrogen-bond acceptors (Lipinski definition) is 5. The number of nitrogens with one attached hydrogen (secondary N) is 1. The normalized spacial score (nSPS) is 38.2. The van der Waals surface area contributed by atoms with Gasteiger partial charge < -0.3 is 0 Å². The molecule has 1 N–H and O–H groups in total. The van der Waals surface area contributed by atoms with Crippen LogP contribution in [0.4, 0.5) is 17.6 Å². The van der Waals surface area contributed by atoms with Crippen molar-refractivity contribution in [1.82, 2.24) is 5.64 Å². The molecule has 1 aliphatic rings. The third-order valence-corrected chi connectivity index (χ3v) is 2.89. The maximum Gasteiger partial charge on any atom is 0.423 e. The lowest BCUT2D eigenvalue weighted by atomic mass is 10.7. The first-order valence-electron chi connectivity index (χ1n) is 2.49. The summed E-state index contributed by atoms with van der Waals surface area (Å²) in [7, 11) is 0. The van der Waals surface area contributed by atoms with E-state index in [2.05, 4.69) is 8.57 Å². The van der Waals surface area contributed by atoms with E-state index in [0.717, 1.165) is 5.64 Å². The van der Waals surface area contributed by atoms with Gasteiger partial charge in [-0.05, 0) is 5.64 Å². The molecule has 0 amide bonds. The van der Waals surface area contributed by atoms with Gasteiger partial charge in [-0.3, -0.25) is 0 Å². The van der Waals surface area contributed by atoms with Crippen LogP contribution in [-0.2, 0) is 30.7 Å². The fourth-order valence-corrected chi connectivity index (χ4v) is 1.61. The summed E-state index contributed by atoms with van der Waals surface area (Å²) in [6.07, 6.45) is 0. The number of rotatable bonds is 0. The summed E-state index contributed by atoms with van der Waals surface area (Å²) in [6.45, 7) is 0. The van der Waals surface area contributed by atoms with E-state index in [0.29, 0.717) is 0 Å². The second kappa shape index (κ2) is 3.24. The highest BCUT2D eigenvalue weighted by molar-refractivity contribution is 7.86. The minimum atomic E-state index is -5.08. The zero-order chi connectivity index (χ0) is 10.3. The van der Waals surface area contributed by atoms with Crippen LogP contribution in [0.2, 0.25) is 0 Å². The minimum absolute atomic E-state index is 0.998. The Morgan fingerprint density at radius 2 is 1.23 bits per heavy atom. The molecule has 0 bridgehead atoms. The Kier molecular flexibility index (Phi) is 2.73. The Labute approximate surface area is 73.6 Å². The molecule has 1 fully saturated rings. The van der Waals surface area contributed by atoms with Crippen LogP contribution in [0.1, 0.15) is 0 Å². The highest BCUT2D eigenvalue weighted by Crippen LogP contribution is 2.41. The van der Waals surface area contributed by atoms with Gasteiger partial charge in [-0.1, -0.05) is 0 Å². The van der Waals surface area contributed by atoms with E-state index in [4.69, 9.17) is 0 Å². The van der Waals surface area contributed by atoms with Crippen LogP contribution in [0.5, 0.6) is 0 Å². The van der Waals surface area contributed by atoms with Gasteiger partial charge in [0.15, 0.2) is 0 Å². The fourth-order valence-electron chi connectivity index (χ4n) is 0.374. The highest BCUT2D eigenvalue weighted by Gasteiger charge is 2.69. The molecule has 78 valence electrons. The predicted molar refractivity (Wildman–Crippen MR) is 31.5 cm³/mol. The van der Waals surface area contributed by atoms with Gasteiger partial charge >= 0.3 is 10.5 Å². The maximum atomic E-state index is 12.4. The zero-order valence-electron chi connectivity index (χ0n) is 5.46. The standard InChI is InChI=1S/C2HF4NO4S2/c3-1(4)2(5,6)13(9)11-7-10-12(1)8/h7H. The Morgan fingerprint density at radius 3 is 1.54 bits per heavy atom. The Balaban J connectivity index is 3.12. The molecule has 0 aromatic rings. The lowest BCUT2D eigenvalue weighted by Crippen LogP contribution is -2.45. The SMILES string of the molecule is O=S1ONOS(=O)C(F)(F)C1(F)F. The van der Waals surface area contributed by atoms with Crippen LogP contribution >= 0.6 is 0 Å². The van der Waals surface area contributed by atoms with Gasteiger partial charge in [-0.2, -0.15) is 26.1 Å². The second-order valence-corrected chi connectivity index (χ2v) is 4.05. The first-order valence-corrected chi connectivity index (χ1v) is 4.64. The molecule has 0 spiro atoms. The summed E-state index contributed by atoms with van der Waals surface area (Å²) >= 11 is -7.34. The van der Waals surface area contributed by atoms with E-state index in [9.17, 15) is 26.0 Å². The molecule has 13 heavy (non-hydrogen) atoms. The number of halogens is 4. The third kappa shape index (κ3) is 1.61. The van der Waals surface area contributed by atoms with Crippen LogP contribution in [0.3, 0.4) is 0 Å². The van der Waals surface area contributed by atoms with Crippen molar-refractivity contribution in [3.05, 3.63) is 0 Å². The van der Waals surface area contributed by atoms with Crippen LogP contribution in [-0.4, -0.2) is 18.9 Å². The van der Waals surface area contributed by atoms with E-state index in [1.165, 1.54) is 0 Å². The second-order valence-electron chi connectivity index (χ2n) is 1.75. The van der Waals surface area contributed by atoms with E-state index >= 15 is 0 Å². The van der Waals surface area contributed by atoms with Crippen molar-refractivity contribution in [2.45, 2.75) is 10.5 Å². The molecule has 2 atom stereocenters. The summed E-state index contributed by atoms with van der Waals surface area (Å²) in [5.74, 6) is 0. The molecule has 0 radical (unpaired) electrons. The minimum Gasteiger partial charge on any atom is -0.221 e. The maximum absolute atomic E-state index is 12.4. The first kappa shape index (κ1) is 11.0. The third-order valence-electron chi connectivity index (χ3n) is 0.977. The molecular formula is C2HF4NO4S2. The molecule has 1 aliphatic heterocycles. The summed E-state index contributed by atoms with van der Waals surface area (Å²) in [6, 6.07) is 0. The summed E-state index contributed by atoms with van der Waals surface area (Å²) in [5, 5.41) is -10.2. The average molecular weight is 243 g/mol. The molecule has 1 saturated heterocycles. The Morgan fingerprint density at radius 1 is 0.923 bits per heavy atom. The van der Waals surface area contributed by atoms with Gasteiger partial charge in [0.1, 0.15) is 0 Å². The van der Waals surface area contributed by atoms with Crippen molar-refractivity contribution in [2.24, 2.45) is 0 Å². The molecule has 11 heteroatoms. The topological polar surface area (TPSA) is 64.6 Å². The predicted octanol–water partition coefficient (Wildman–Crippen LogP) is -0.0342. The average Bonchev–Trinajstić information content (AvgIpc) is 2.06. The van der Waals surface area contributed by atoms with Crippen molar-refractivity contribution >= 4 is 22.2 Å². The van der Waals surface area contributed by atoms with Crippen molar-refractivity contribution < 1.29 is 34.5 Å². The lowest BCUT2D eigenvalue weighted by Gasteiger charge is -2.17. The molecule has 0 saturated carbocycles. The fraction of sp³-hybridized carbons (Fsp3) is 1.00. The Bertz CT molecular complexity index is 243. The molecule has 1 heterocycles. The van der Waals surface area contributed by atoms with Gasteiger partial charge in [0.25, 0.3) is 22.2 Å². The number of alkyl halides is 4. The van der Waals surface area contributed by atoms with E-state index in [-0.39, 0.29) is 0 Å². The van der Waals surface area contributed by atoms with Crippen molar-refractivity contribution in [1.29, 1.82) is 0 Å². The van der Waals surface area contributed by atoms with Gasteiger partial charge in [-0.15, -0.1) is 0 Å². The summed E-state index contributed by atoms with van der Waals surface area (Å²) in [5.41, 5.74) is 0.998. The molecule has 0 aromatic carbocycles. The van der Waals surface area contributed by atoms with Crippen molar-refractivity contribution in [3.63, 3.8) is 0 Å². The molecule has 2 unspecified atom stereocenters. The lowest BCUT2D eigenvalue weighted by molar-refractivity contribution is -0.0949. The van der Waals surface area contributed by atoms with Crippen molar-refractivity contribution in [2.75, 3.05) is 0 Å². The van der Waals surface area contributed by atoms with Gasteiger partial charge in [0.2, 0.25) is 0 Å². The highest BCUT2D eigenvalue weighted by atomic mass is 32.2. The molecule has 0 aliphatic carbocycles. The largest absolute Gasteiger partial charge is 0.423 e. The number of hydrogen-bond donors (Lipinski definition) is 1. The van der Waals surface area contributed by atoms with Crippen LogP contribution in [0, 0.1) is 0 Å². The van der Waals surface area contributed by atoms with Crippen LogP contribution in [0.15, 0.2) is 0 Å². The van der Waals surface area contributed by atoms with Crippen LogP contribution in [0.25, 0.3) is 0 Å². The van der Waals surface area contributed by atoms with Gasteiger partial charge in [-0.25, -0.2) is 8.42 Å². The summed E-state index contributed by atoms with van der Waals surface area (Å²) < 4.78 is 77.0. The molecule has 5 nitrogen and oxygen atoms in total. The smallest absolute Gasteiger partial charge is 0.221 e. The molecule has 0 aromatic heterocycles. The van der Waals surface area contributed by atoms with E-state index < -0.39 is 32.7 Å². The zero-order valence-corrected chi connectivity index (χ0v) is 7.09.